The summed E-state index contributed by atoms with van der Waals surface area (Å²) in [6, 6.07) is 10.6. The van der Waals surface area contributed by atoms with Crippen molar-refractivity contribution in [2.75, 3.05) is 17.7 Å². The summed E-state index contributed by atoms with van der Waals surface area (Å²) in [6.45, 7) is 0. The molecule has 92 valence electrons. The second-order valence-electron chi connectivity index (χ2n) is 3.62. The van der Waals surface area contributed by atoms with Crippen molar-refractivity contribution in [1.29, 1.82) is 10.5 Å². The lowest BCUT2D eigenvalue weighted by Crippen LogP contribution is -2.00. The molecule has 0 radical (unpaired) electrons. The molecular weight excluding hydrogens is 240 g/mol. The Morgan fingerprint density at radius 2 is 1.89 bits per heavy atom. The number of nitriles is 2. The molecular formula is C13H10N6. The molecule has 0 saturated carbocycles. The number of nitrogens with zero attached hydrogens (tertiary/aromatic N) is 4. The van der Waals surface area contributed by atoms with Gasteiger partial charge in [-0.1, -0.05) is 0 Å². The van der Waals surface area contributed by atoms with Crippen LogP contribution in [0.5, 0.6) is 0 Å². The second kappa shape index (κ2) is 5.48. The van der Waals surface area contributed by atoms with Crippen molar-refractivity contribution < 1.29 is 0 Å². The van der Waals surface area contributed by atoms with Crippen LogP contribution in [-0.4, -0.2) is 17.0 Å². The Morgan fingerprint density at radius 3 is 2.58 bits per heavy atom. The van der Waals surface area contributed by atoms with Crippen molar-refractivity contribution in [1.82, 2.24) is 9.97 Å². The monoisotopic (exact) mass is 250 g/mol. The van der Waals surface area contributed by atoms with Crippen molar-refractivity contribution in [3.63, 3.8) is 0 Å². The third-order valence-corrected chi connectivity index (χ3v) is 2.41. The summed E-state index contributed by atoms with van der Waals surface area (Å²) >= 11 is 0. The third-order valence-electron chi connectivity index (χ3n) is 2.41. The second-order valence-corrected chi connectivity index (χ2v) is 3.62. The SMILES string of the molecule is CNc1nccc(Nc2ccc(C#N)c(C#N)c2)n1. The summed E-state index contributed by atoms with van der Waals surface area (Å²) in [5, 5.41) is 23.7. The van der Waals surface area contributed by atoms with Crippen molar-refractivity contribution in [2.24, 2.45) is 0 Å². The van der Waals surface area contributed by atoms with Crippen molar-refractivity contribution in [3.8, 4) is 12.1 Å². The van der Waals surface area contributed by atoms with Crippen LogP contribution in [0, 0.1) is 22.7 Å². The van der Waals surface area contributed by atoms with Crippen LogP contribution in [0.1, 0.15) is 11.1 Å². The highest BCUT2D eigenvalue weighted by Gasteiger charge is 2.04. The van der Waals surface area contributed by atoms with Gasteiger partial charge in [0.15, 0.2) is 0 Å². The average Bonchev–Trinajstić information content (AvgIpc) is 2.47. The minimum Gasteiger partial charge on any atom is -0.357 e. The van der Waals surface area contributed by atoms with Gasteiger partial charge in [-0.15, -0.1) is 0 Å². The van der Waals surface area contributed by atoms with E-state index in [4.69, 9.17) is 10.5 Å². The fourth-order valence-corrected chi connectivity index (χ4v) is 1.51. The highest BCUT2D eigenvalue weighted by atomic mass is 15.1. The van der Waals surface area contributed by atoms with Gasteiger partial charge in [-0.25, -0.2) is 4.98 Å². The molecule has 0 saturated heterocycles. The van der Waals surface area contributed by atoms with Gasteiger partial charge >= 0.3 is 0 Å². The van der Waals surface area contributed by atoms with Gasteiger partial charge < -0.3 is 10.6 Å². The molecule has 0 amide bonds. The normalized spacial score (nSPS) is 9.21. The number of aromatic nitrogens is 2. The van der Waals surface area contributed by atoms with Crippen LogP contribution in [0.25, 0.3) is 0 Å². The fourth-order valence-electron chi connectivity index (χ4n) is 1.51. The van der Waals surface area contributed by atoms with Gasteiger partial charge in [-0.2, -0.15) is 15.5 Å². The Kier molecular flexibility index (Phi) is 3.56. The number of anilines is 3. The molecule has 1 aromatic carbocycles. The van der Waals surface area contributed by atoms with E-state index in [0.717, 1.165) is 0 Å². The lowest BCUT2D eigenvalue weighted by molar-refractivity contribution is 1.15. The molecule has 2 aromatic rings. The Balaban J connectivity index is 2.29. The van der Waals surface area contributed by atoms with Crippen molar-refractivity contribution in [3.05, 3.63) is 41.6 Å². The van der Waals surface area contributed by atoms with Gasteiger partial charge in [0.1, 0.15) is 18.0 Å². The zero-order valence-corrected chi connectivity index (χ0v) is 10.2. The van der Waals surface area contributed by atoms with Gasteiger partial charge in [0.25, 0.3) is 0 Å². The zero-order valence-electron chi connectivity index (χ0n) is 10.2. The van der Waals surface area contributed by atoms with Crippen LogP contribution in [0.4, 0.5) is 17.5 Å². The maximum atomic E-state index is 8.96. The predicted molar refractivity (Wildman–Crippen MR) is 70.7 cm³/mol. The number of hydrogen-bond donors (Lipinski definition) is 2. The van der Waals surface area contributed by atoms with Gasteiger partial charge in [0.05, 0.1) is 11.1 Å². The maximum Gasteiger partial charge on any atom is 0.224 e. The first kappa shape index (κ1) is 12.3. The summed E-state index contributed by atoms with van der Waals surface area (Å²) in [5.41, 5.74) is 1.37. The topological polar surface area (TPSA) is 97.4 Å². The fraction of sp³-hybridized carbons (Fsp3) is 0.0769. The molecule has 1 aromatic heterocycles. The smallest absolute Gasteiger partial charge is 0.224 e. The number of nitrogens with one attached hydrogen (secondary N) is 2. The number of rotatable bonds is 3. The van der Waals surface area contributed by atoms with Crippen LogP contribution in [0.2, 0.25) is 0 Å². The van der Waals surface area contributed by atoms with E-state index >= 15 is 0 Å². The Morgan fingerprint density at radius 1 is 1.11 bits per heavy atom. The van der Waals surface area contributed by atoms with E-state index in [0.29, 0.717) is 28.6 Å². The van der Waals surface area contributed by atoms with Gasteiger partial charge in [0.2, 0.25) is 5.95 Å². The van der Waals surface area contributed by atoms with Gasteiger partial charge in [-0.3, -0.25) is 0 Å². The van der Waals surface area contributed by atoms with Crippen molar-refractivity contribution in [2.45, 2.75) is 0 Å². The average molecular weight is 250 g/mol. The molecule has 6 nitrogen and oxygen atoms in total. The van der Waals surface area contributed by atoms with Crippen molar-refractivity contribution >= 4 is 17.5 Å². The lowest BCUT2D eigenvalue weighted by Gasteiger charge is -2.07. The number of hydrogen-bond acceptors (Lipinski definition) is 6. The predicted octanol–water partition coefficient (Wildman–Crippen LogP) is 2.01. The van der Waals surface area contributed by atoms with E-state index in [1.807, 2.05) is 12.1 Å². The molecule has 0 aliphatic carbocycles. The molecule has 19 heavy (non-hydrogen) atoms. The molecule has 0 bridgehead atoms. The first-order valence-corrected chi connectivity index (χ1v) is 5.49. The van der Waals surface area contributed by atoms with E-state index in [-0.39, 0.29) is 0 Å². The van der Waals surface area contributed by atoms with Crippen LogP contribution < -0.4 is 10.6 Å². The first-order valence-electron chi connectivity index (χ1n) is 5.49. The molecule has 0 atom stereocenters. The Labute approximate surface area is 110 Å². The van der Waals surface area contributed by atoms with E-state index in [9.17, 15) is 0 Å². The summed E-state index contributed by atoms with van der Waals surface area (Å²) in [7, 11) is 1.73. The molecule has 0 fully saturated rings. The molecule has 2 N–H and O–H groups in total. The van der Waals surface area contributed by atoms with Crippen LogP contribution >= 0.6 is 0 Å². The van der Waals surface area contributed by atoms with E-state index in [2.05, 4.69) is 20.6 Å². The van der Waals surface area contributed by atoms with E-state index in [1.54, 1.807) is 37.5 Å². The summed E-state index contributed by atoms with van der Waals surface area (Å²) in [5.74, 6) is 1.10. The summed E-state index contributed by atoms with van der Waals surface area (Å²) in [6.07, 6.45) is 1.62. The molecule has 2 rings (SSSR count). The summed E-state index contributed by atoms with van der Waals surface area (Å²) in [4.78, 5) is 8.21. The molecule has 0 aliphatic rings. The largest absolute Gasteiger partial charge is 0.357 e. The lowest BCUT2D eigenvalue weighted by atomic mass is 10.1. The van der Waals surface area contributed by atoms with Crippen LogP contribution in [-0.2, 0) is 0 Å². The molecule has 6 heteroatoms. The van der Waals surface area contributed by atoms with Crippen LogP contribution in [0.3, 0.4) is 0 Å². The highest BCUT2D eigenvalue weighted by molar-refractivity contribution is 5.62. The molecule has 1 heterocycles. The molecule has 0 unspecified atom stereocenters. The van der Waals surface area contributed by atoms with Gasteiger partial charge in [-0.05, 0) is 24.3 Å². The maximum absolute atomic E-state index is 8.96. The quantitative estimate of drug-likeness (QED) is 0.864. The Bertz CT molecular complexity index is 680. The highest BCUT2D eigenvalue weighted by Crippen LogP contribution is 2.18. The molecule has 0 spiro atoms. The minimum atomic E-state index is 0.329. The minimum absolute atomic E-state index is 0.329. The van der Waals surface area contributed by atoms with Gasteiger partial charge in [0, 0.05) is 18.9 Å². The van der Waals surface area contributed by atoms with Crippen LogP contribution in [0.15, 0.2) is 30.5 Å². The first-order chi connectivity index (χ1) is 9.26. The number of benzene rings is 1. The molecule has 0 aliphatic heterocycles. The van der Waals surface area contributed by atoms with E-state index in [1.165, 1.54) is 0 Å². The standard InChI is InChI=1S/C13H10N6/c1-16-13-17-5-4-12(19-13)18-11-3-2-9(7-14)10(6-11)8-15/h2-6H,1H3,(H2,16,17,18,19). The van der Waals surface area contributed by atoms with E-state index < -0.39 is 0 Å². The Hall–Kier alpha value is -3.12. The third kappa shape index (κ3) is 2.76. The summed E-state index contributed by atoms with van der Waals surface area (Å²) < 4.78 is 0. The zero-order chi connectivity index (χ0) is 13.7.